The predicted octanol–water partition coefficient (Wildman–Crippen LogP) is 1.67. The van der Waals surface area contributed by atoms with Crippen LogP contribution in [0.5, 0.6) is 0 Å². The van der Waals surface area contributed by atoms with E-state index >= 15 is 0 Å². The Morgan fingerprint density at radius 3 is 2.82 bits per heavy atom. The molecule has 2 heterocycles. The highest BCUT2D eigenvalue weighted by molar-refractivity contribution is 5.95. The normalized spacial score (nSPS) is 15.6. The number of hydrogen-bond acceptors (Lipinski definition) is 3. The Labute approximate surface area is 102 Å². The summed E-state index contributed by atoms with van der Waals surface area (Å²) in [6.07, 6.45) is 3.35. The first-order valence-corrected chi connectivity index (χ1v) is 6.36. The van der Waals surface area contributed by atoms with Crippen molar-refractivity contribution in [2.45, 2.75) is 32.7 Å². The summed E-state index contributed by atoms with van der Waals surface area (Å²) in [5, 5.41) is 3.21. The highest BCUT2D eigenvalue weighted by atomic mass is 16.3. The first-order valence-electron chi connectivity index (χ1n) is 6.36. The van der Waals surface area contributed by atoms with Gasteiger partial charge in [-0.15, -0.1) is 0 Å². The average Bonchev–Trinajstić information content (AvgIpc) is 2.73. The van der Waals surface area contributed by atoms with Gasteiger partial charge in [-0.3, -0.25) is 4.79 Å². The Balaban J connectivity index is 2.15. The van der Waals surface area contributed by atoms with E-state index in [-0.39, 0.29) is 5.91 Å². The smallest absolute Gasteiger partial charge is 0.257 e. The van der Waals surface area contributed by atoms with Crippen LogP contribution in [0.4, 0.5) is 0 Å². The SMILES string of the molecule is CCCN(C(=O)c1ccoc1CC)C1CNC1. The first kappa shape index (κ1) is 12.2. The third kappa shape index (κ3) is 2.36. The van der Waals surface area contributed by atoms with Crippen molar-refractivity contribution in [1.82, 2.24) is 10.2 Å². The molecule has 0 bridgehead atoms. The van der Waals surface area contributed by atoms with Crippen LogP contribution in [0.2, 0.25) is 0 Å². The fourth-order valence-electron chi connectivity index (χ4n) is 2.14. The van der Waals surface area contributed by atoms with Crippen molar-refractivity contribution in [3.05, 3.63) is 23.7 Å². The van der Waals surface area contributed by atoms with Crippen LogP contribution in [-0.4, -0.2) is 36.5 Å². The summed E-state index contributed by atoms with van der Waals surface area (Å²) >= 11 is 0. The van der Waals surface area contributed by atoms with Gasteiger partial charge in [0.1, 0.15) is 5.76 Å². The van der Waals surface area contributed by atoms with E-state index in [1.165, 1.54) is 0 Å². The van der Waals surface area contributed by atoms with E-state index in [0.29, 0.717) is 6.04 Å². The van der Waals surface area contributed by atoms with Crippen molar-refractivity contribution in [3.8, 4) is 0 Å². The second kappa shape index (κ2) is 5.36. The highest BCUT2D eigenvalue weighted by Gasteiger charge is 2.30. The number of carbonyl (C=O) groups excluding carboxylic acids is 1. The van der Waals surface area contributed by atoms with Gasteiger partial charge in [0.15, 0.2) is 0 Å². The summed E-state index contributed by atoms with van der Waals surface area (Å²) in [7, 11) is 0. The van der Waals surface area contributed by atoms with E-state index in [9.17, 15) is 4.79 Å². The molecule has 2 rings (SSSR count). The molecule has 4 heteroatoms. The predicted molar refractivity (Wildman–Crippen MR) is 66.1 cm³/mol. The van der Waals surface area contributed by atoms with Crippen LogP contribution in [-0.2, 0) is 6.42 Å². The molecule has 0 unspecified atom stereocenters. The summed E-state index contributed by atoms with van der Waals surface area (Å²) in [5.41, 5.74) is 0.729. The minimum atomic E-state index is 0.115. The zero-order valence-electron chi connectivity index (χ0n) is 10.5. The molecular weight excluding hydrogens is 216 g/mol. The number of hydrogen-bond donors (Lipinski definition) is 1. The summed E-state index contributed by atoms with van der Waals surface area (Å²) in [4.78, 5) is 14.4. The van der Waals surface area contributed by atoms with Crippen LogP contribution in [0, 0.1) is 0 Å². The molecule has 1 aromatic rings. The largest absolute Gasteiger partial charge is 0.469 e. The second-order valence-electron chi connectivity index (χ2n) is 4.42. The maximum absolute atomic E-state index is 12.4. The highest BCUT2D eigenvalue weighted by Crippen LogP contribution is 2.17. The molecule has 0 aromatic carbocycles. The van der Waals surface area contributed by atoms with Gasteiger partial charge in [0.05, 0.1) is 17.9 Å². The molecule has 1 aromatic heterocycles. The van der Waals surface area contributed by atoms with Gasteiger partial charge in [-0.2, -0.15) is 0 Å². The topological polar surface area (TPSA) is 45.5 Å². The van der Waals surface area contributed by atoms with E-state index in [1.54, 1.807) is 12.3 Å². The van der Waals surface area contributed by atoms with E-state index in [0.717, 1.165) is 43.8 Å². The van der Waals surface area contributed by atoms with Crippen LogP contribution < -0.4 is 5.32 Å². The van der Waals surface area contributed by atoms with Gasteiger partial charge < -0.3 is 14.6 Å². The van der Waals surface area contributed by atoms with Gasteiger partial charge in [0.25, 0.3) is 5.91 Å². The lowest BCUT2D eigenvalue weighted by molar-refractivity contribution is 0.0613. The average molecular weight is 236 g/mol. The van der Waals surface area contributed by atoms with E-state index < -0.39 is 0 Å². The Kier molecular flexibility index (Phi) is 3.84. The van der Waals surface area contributed by atoms with E-state index in [4.69, 9.17) is 4.42 Å². The summed E-state index contributed by atoms with van der Waals surface area (Å²) in [6, 6.07) is 2.14. The van der Waals surface area contributed by atoms with Crippen molar-refractivity contribution < 1.29 is 9.21 Å². The number of nitrogens with one attached hydrogen (secondary N) is 1. The van der Waals surface area contributed by atoms with Gasteiger partial charge in [-0.05, 0) is 12.5 Å². The van der Waals surface area contributed by atoms with Crippen molar-refractivity contribution in [2.75, 3.05) is 19.6 Å². The molecule has 1 aliphatic heterocycles. The molecule has 0 spiro atoms. The molecule has 94 valence electrons. The molecule has 0 radical (unpaired) electrons. The maximum atomic E-state index is 12.4. The molecule has 0 saturated carbocycles. The fraction of sp³-hybridized carbons (Fsp3) is 0.615. The lowest BCUT2D eigenvalue weighted by Gasteiger charge is -2.38. The summed E-state index contributed by atoms with van der Waals surface area (Å²) < 4.78 is 5.33. The second-order valence-corrected chi connectivity index (χ2v) is 4.42. The van der Waals surface area contributed by atoms with Gasteiger partial charge in [0.2, 0.25) is 0 Å². The Morgan fingerprint density at radius 1 is 1.53 bits per heavy atom. The number of carbonyl (C=O) groups is 1. The van der Waals surface area contributed by atoms with E-state index in [1.807, 2.05) is 11.8 Å². The molecule has 17 heavy (non-hydrogen) atoms. The van der Waals surface area contributed by atoms with Crippen LogP contribution in [0.25, 0.3) is 0 Å². The third-order valence-corrected chi connectivity index (χ3v) is 3.22. The monoisotopic (exact) mass is 236 g/mol. The molecule has 1 N–H and O–H groups in total. The lowest BCUT2D eigenvalue weighted by Crippen LogP contribution is -2.59. The number of rotatable bonds is 5. The van der Waals surface area contributed by atoms with Gasteiger partial charge in [0, 0.05) is 26.1 Å². The Morgan fingerprint density at radius 2 is 2.29 bits per heavy atom. The standard InChI is InChI=1S/C13H20N2O2/c1-3-6-15(10-8-14-9-10)13(16)11-5-7-17-12(11)4-2/h5,7,10,14H,3-4,6,8-9H2,1-2H3. The zero-order valence-corrected chi connectivity index (χ0v) is 10.5. The van der Waals surface area contributed by atoms with Crippen molar-refractivity contribution in [2.24, 2.45) is 0 Å². The maximum Gasteiger partial charge on any atom is 0.257 e. The molecule has 1 saturated heterocycles. The third-order valence-electron chi connectivity index (χ3n) is 3.22. The number of amides is 1. The molecule has 1 aliphatic rings. The van der Waals surface area contributed by atoms with Crippen LogP contribution >= 0.6 is 0 Å². The molecule has 1 fully saturated rings. The van der Waals surface area contributed by atoms with Crippen molar-refractivity contribution in [3.63, 3.8) is 0 Å². The molecule has 0 aliphatic carbocycles. The fourth-order valence-corrected chi connectivity index (χ4v) is 2.14. The minimum Gasteiger partial charge on any atom is -0.469 e. The molecule has 1 amide bonds. The van der Waals surface area contributed by atoms with Gasteiger partial charge in [-0.1, -0.05) is 13.8 Å². The van der Waals surface area contributed by atoms with Crippen molar-refractivity contribution in [1.29, 1.82) is 0 Å². The molecule has 0 atom stereocenters. The van der Waals surface area contributed by atoms with Gasteiger partial charge in [-0.25, -0.2) is 0 Å². The van der Waals surface area contributed by atoms with E-state index in [2.05, 4.69) is 12.2 Å². The van der Waals surface area contributed by atoms with Gasteiger partial charge >= 0.3 is 0 Å². The first-order chi connectivity index (χ1) is 8.27. The number of nitrogens with zero attached hydrogens (tertiary/aromatic N) is 1. The van der Waals surface area contributed by atoms with Crippen LogP contribution in [0.3, 0.4) is 0 Å². The summed E-state index contributed by atoms with van der Waals surface area (Å²) in [5.74, 6) is 0.910. The number of aryl methyl sites for hydroxylation is 1. The quantitative estimate of drug-likeness (QED) is 0.845. The minimum absolute atomic E-state index is 0.115. The molecular formula is C13H20N2O2. The van der Waals surface area contributed by atoms with Crippen LogP contribution in [0.1, 0.15) is 36.4 Å². The number of furan rings is 1. The zero-order chi connectivity index (χ0) is 12.3. The summed E-state index contributed by atoms with van der Waals surface area (Å²) in [6.45, 7) is 6.74. The Hall–Kier alpha value is -1.29. The van der Waals surface area contributed by atoms with Crippen LogP contribution in [0.15, 0.2) is 16.7 Å². The molecule has 4 nitrogen and oxygen atoms in total. The lowest BCUT2D eigenvalue weighted by atomic mass is 10.1. The Bertz CT molecular complexity index is 383. The van der Waals surface area contributed by atoms with Crippen molar-refractivity contribution >= 4 is 5.91 Å².